The number of carbonyl (C=O) groups is 5. The van der Waals surface area contributed by atoms with Crippen molar-refractivity contribution >= 4 is 29.5 Å². The summed E-state index contributed by atoms with van der Waals surface area (Å²) in [5.74, 6) is -2.83. The highest BCUT2D eigenvalue weighted by Crippen LogP contribution is 2.19. The van der Waals surface area contributed by atoms with Gasteiger partial charge in [0.2, 0.25) is 23.6 Å². The van der Waals surface area contributed by atoms with E-state index in [0.717, 1.165) is 30.8 Å². The number of fused-ring (bicyclic) bond motifs is 1. The summed E-state index contributed by atoms with van der Waals surface area (Å²) in [6.07, 6.45) is -0.445. The first-order chi connectivity index (χ1) is 22.8. The summed E-state index contributed by atoms with van der Waals surface area (Å²) in [6.45, 7) is 12.4. The molecule has 1 fully saturated rings. The number of nitrogens with zero attached hydrogens (tertiary/aromatic N) is 1. The fourth-order valence-corrected chi connectivity index (χ4v) is 5.48. The molecule has 0 bridgehead atoms. The predicted octanol–water partition coefficient (Wildman–Crippen LogP) is 1.26. The van der Waals surface area contributed by atoms with E-state index in [0.29, 0.717) is 13.2 Å². The van der Waals surface area contributed by atoms with Crippen molar-refractivity contribution in [1.29, 1.82) is 0 Å². The van der Waals surface area contributed by atoms with Gasteiger partial charge in [0.15, 0.2) is 0 Å². The summed E-state index contributed by atoms with van der Waals surface area (Å²) in [7, 11) is 0. The lowest BCUT2D eigenvalue weighted by atomic mass is 9.98. The van der Waals surface area contributed by atoms with Gasteiger partial charge in [0.25, 0.3) is 5.91 Å². The Hall–Kier alpha value is -4.49. The lowest BCUT2D eigenvalue weighted by Gasteiger charge is -2.30. The quantitative estimate of drug-likeness (QED) is 0.308. The van der Waals surface area contributed by atoms with Crippen LogP contribution in [0.5, 0.6) is 5.75 Å². The van der Waals surface area contributed by atoms with Crippen molar-refractivity contribution in [2.45, 2.75) is 77.8 Å². The first kappa shape index (κ1) is 36.3. The van der Waals surface area contributed by atoms with Crippen LogP contribution in [-0.4, -0.2) is 91.0 Å². The highest BCUT2D eigenvalue weighted by molar-refractivity contribution is 6.01. The van der Waals surface area contributed by atoms with Gasteiger partial charge in [0, 0.05) is 26.2 Å². The van der Waals surface area contributed by atoms with E-state index in [2.05, 4.69) is 31.5 Å². The number of ether oxygens (including phenoxy) is 2. The molecular formula is C35H48N6O7. The largest absolute Gasteiger partial charge is 0.491 e. The van der Waals surface area contributed by atoms with Crippen molar-refractivity contribution < 1.29 is 33.4 Å². The number of hydrogen-bond donors (Lipinski definition) is 5. The van der Waals surface area contributed by atoms with Crippen LogP contribution in [0.15, 0.2) is 48.5 Å². The molecule has 0 saturated carbocycles. The van der Waals surface area contributed by atoms with Crippen molar-refractivity contribution in [3.63, 3.8) is 0 Å². The first-order valence-corrected chi connectivity index (χ1v) is 16.4. The molecule has 0 unspecified atom stereocenters. The third kappa shape index (κ3) is 10.3. The lowest BCUT2D eigenvalue weighted by Crippen LogP contribution is -2.61. The summed E-state index contributed by atoms with van der Waals surface area (Å²) >= 11 is 0. The van der Waals surface area contributed by atoms with Gasteiger partial charge in [0.1, 0.15) is 30.0 Å². The summed E-state index contributed by atoms with van der Waals surface area (Å²) in [5.41, 5.74) is 0.681. The van der Waals surface area contributed by atoms with Crippen LogP contribution in [0.4, 0.5) is 0 Å². The van der Waals surface area contributed by atoms with Crippen LogP contribution in [-0.2, 0) is 37.0 Å². The molecule has 2 aliphatic heterocycles. The van der Waals surface area contributed by atoms with Gasteiger partial charge in [-0.3, -0.25) is 28.9 Å². The molecule has 260 valence electrons. The van der Waals surface area contributed by atoms with Crippen LogP contribution in [0.25, 0.3) is 0 Å². The van der Waals surface area contributed by atoms with Crippen LogP contribution in [0.1, 0.15) is 62.5 Å². The SMILES string of the molecule is CC(C)[C@H]1NC(=O)C(C)(C)NC(=O)C[C@@H](C(=O)NCc2cccc(CN3CCOCC3)c2)NC(=O)c2ccccc2OC[C@H](C)NC1=O. The molecule has 48 heavy (non-hydrogen) atoms. The highest BCUT2D eigenvalue weighted by atomic mass is 16.5. The average molecular weight is 665 g/mol. The lowest BCUT2D eigenvalue weighted by molar-refractivity contribution is -0.136. The van der Waals surface area contributed by atoms with Crippen molar-refractivity contribution in [3.8, 4) is 5.75 Å². The predicted molar refractivity (Wildman–Crippen MR) is 179 cm³/mol. The van der Waals surface area contributed by atoms with Crippen molar-refractivity contribution in [3.05, 3.63) is 65.2 Å². The van der Waals surface area contributed by atoms with E-state index in [9.17, 15) is 24.0 Å². The summed E-state index contributed by atoms with van der Waals surface area (Å²) in [6, 6.07) is 11.8. The molecule has 3 atom stereocenters. The molecule has 4 rings (SSSR count). The molecule has 0 radical (unpaired) electrons. The smallest absolute Gasteiger partial charge is 0.255 e. The second-order valence-electron chi connectivity index (χ2n) is 13.2. The maximum absolute atomic E-state index is 13.6. The minimum Gasteiger partial charge on any atom is -0.491 e. The number of nitrogens with one attached hydrogen (secondary N) is 5. The number of carbonyl (C=O) groups excluding carboxylic acids is 5. The Bertz CT molecular complexity index is 1470. The van der Waals surface area contributed by atoms with Gasteiger partial charge in [-0.05, 0) is 49.9 Å². The van der Waals surface area contributed by atoms with E-state index in [1.54, 1.807) is 45.0 Å². The Labute approximate surface area is 281 Å². The minimum absolute atomic E-state index is 0.0366. The standard InChI is InChI=1S/C35H48N6O7/c1-22(2)30-33(45)37-23(3)21-48-28-12-7-6-11-26(28)31(43)38-27(18-29(42)40-35(4,5)34(46)39-30)32(44)36-19-24-9-8-10-25(17-24)20-41-13-15-47-16-14-41/h6-12,17,22-23,27,30H,13-16,18-21H2,1-5H3,(H,36,44)(H,37,45)(H,38,43)(H,39,46)(H,40,42)/t23-,27-,30+/m0/s1. The first-order valence-electron chi connectivity index (χ1n) is 16.4. The van der Waals surface area contributed by atoms with Crippen LogP contribution in [0.2, 0.25) is 0 Å². The van der Waals surface area contributed by atoms with Gasteiger partial charge in [-0.2, -0.15) is 0 Å². The molecular weight excluding hydrogens is 616 g/mol. The molecule has 0 aromatic heterocycles. The third-order valence-corrected chi connectivity index (χ3v) is 8.24. The number of hydrogen-bond acceptors (Lipinski definition) is 8. The molecule has 2 heterocycles. The van der Waals surface area contributed by atoms with Gasteiger partial charge in [-0.15, -0.1) is 0 Å². The van der Waals surface area contributed by atoms with Crippen LogP contribution >= 0.6 is 0 Å². The monoisotopic (exact) mass is 664 g/mol. The molecule has 2 aromatic carbocycles. The number of para-hydroxylation sites is 1. The molecule has 0 spiro atoms. The highest BCUT2D eigenvalue weighted by Gasteiger charge is 2.36. The second-order valence-corrected chi connectivity index (χ2v) is 13.2. The Morgan fingerprint density at radius 2 is 1.69 bits per heavy atom. The second kappa shape index (κ2) is 16.6. The van der Waals surface area contributed by atoms with E-state index in [4.69, 9.17) is 9.47 Å². The molecule has 2 aromatic rings. The van der Waals surface area contributed by atoms with Gasteiger partial charge in [-0.25, -0.2) is 0 Å². The molecule has 13 heteroatoms. The number of benzene rings is 2. The third-order valence-electron chi connectivity index (χ3n) is 8.24. The average Bonchev–Trinajstić information content (AvgIpc) is 3.04. The number of amides is 5. The summed E-state index contributed by atoms with van der Waals surface area (Å²) in [4.78, 5) is 69.3. The Balaban J connectivity index is 1.55. The normalized spacial score (nSPS) is 23.0. The van der Waals surface area contributed by atoms with Gasteiger partial charge < -0.3 is 36.1 Å². The van der Waals surface area contributed by atoms with Crippen LogP contribution in [0.3, 0.4) is 0 Å². The maximum Gasteiger partial charge on any atom is 0.255 e. The van der Waals surface area contributed by atoms with E-state index in [1.165, 1.54) is 13.8 Å². The van der Waals surface area contributed by atoms with E-state index >= 15 is 0 Å². The Morgan fingerprint density at radius 1 is 0.979 bits per heavy atom. The zero-order chi connectivity index (χ0) is 34.8. The Morgan fingerprint density at radius 3 is 2.42 bits per heavy atom. The van der Waals surface area contributed by atoms with Gasteiger partial charge in [0.05, 0.1) is 31.2 Å². The zero-order valence-corrected chi connectivity index (χ0v) is 28.4. The minimum atomic E-state index is -1.44. The molecule has 13 nitrogen and oxygen atoms in total. The maximum atomic E-state index is 13.6. The van der Waals surface area contributed by atoms with Gasteiger partial charge in [-0.1, -0.05) is 50.2 Å². The van der Waals surface area contributed by atoms with Crippen molar-refractivity contribution in [2.75, 3.05) is 32.9 Å². The molecule has 5 amide bonds. The van der Waals surface area contributed by atoms with Crippen LogP contribution in [0, 0.1) is 5.92 Å². The van der Waals surface area contributed by atoms with E-state index < -0.39 is 59.6 Å². The van der Waals surface area contributed by atoms with E-state index in [-0.39, 0.29) is 30.4 Å². The molecule has 1 saturated heterocycles. The fourth-order valence-electron chi connectivity index (χ4n) is 5.48. The Kier molecular flexibility index (Phi) is 12.5. The number of rotatable bonds is 6. The van der Waals surface area contributed by atoms with Crippen molar-refractivity contribution in [1.82, 2.24) is 31.5 Å². The fraction of sp³-hybridized carbons (Fsp3) is 0.514. The van der Waals surface area contributed by atoms with Crippen molar-refractivity contribution in [2.24, 2.45) is 5.92 Å². The topological polar surface area (TPSA) is 167 Å². The van der Waals surface area contributed by atoms with Gasteiger partial charge >= 0.3 is 0 Å². The van der Waals surface area contributed by atoms with Crippen LogP contribution < -0.4 is 31.3 Å². The van der Waals surface area contributed by atoms with E-state index in [1.807, 2.05) is 24.3 Å². The molecule has 5 N–H and O–H groups in total. The molecule has 0 aliphatic carbocycles. The summed E-state index contributed by atoms with van der Waals surface area (Å²) in [5, 5.41) is 13.8. The molecule has 2 aliphatic rings. The summed E-state index contributed by atoms with van der Waals surface area (Å²) < 4.78 is 11.4. The zero-order valence-electron chi connectivity index (χ0n) is 28.4. The number of morpholine rings is 1.